The van der Waals surface area contributed by atoms with E-state index in [9.17, 15) is 11.8 Å². The molecule has 0 atom stereocenters. The third kappa shape index (κ3) is 4.40. The van der Waals surface area contributed by atoms with Gasteiger partial charge in [0.15, 0.2) is 0 Å². The minimum atomic E-state index is -4.09. The molecule has 0 saturated carbocycles. The first-order valence-electron chi connectivity index (χ1n) is 0.849. The van der Waals surface area contributed by atoms with Crippen molar-refractivity contribution in [3.63, 3.8) is 0 Å². The molecule has 37 valence electrons. The summed E-state index contributed by atoms with van der Waals surface area (Å²) in [5.74, 6) is 0. The van der Waals surface area contributed by atoms with Crippen molar-refractivity contribution >= 4 is 7.82 Å². The molecule has 0 aromatic carbocycles. The van der Waals surface area contributed by atoms with Crippen molar-refractivity contribution in [1.29, 1.82) is 0 Å². The molecule has 0 bridgehead atoms. The van der Waals surface area contributed by atoms with Crippen LogP contribution in [-0.4, -0.2) is 13.0 Å². The van der Waals surface area contributed by atoms with Crippen LogP contribution in [0.2, 0.25) is 0 Å². The van der Waals surface area contributed by atoms with E-state index in [4.69, 9.17) is 4.55 Å². The van der Waals surface area contributed by atoms with Crippen LogP contribution in [0.4, 0.5) is 0 Å². The molecule has 0 saturated heterocycles. The summed E-state index contributed by atoms with van der Waals surface area (Å²) in [5.41, 5.74) is 0. The van der Waals surface area contributed by atoms with Gasteiger partial charge in [-0.2, -0.15) is 0 Å². The summed E-state index contributed by atoms with van der Waals surface area (Å²) in [4.78, 5) is 0. The Labute approximate surface area is 41.8 Å². The molecule has 0 aliphatic heterocycles. The van der Waals surface area contributed by atoms with Gasteiger partial charge in [-0.15, -0.1) is 0 Å². The van der Waals surface area contributed by atoms with Crippen LogP contribution in [0.1, 0.15) is 0 Å². The van der Waals surface area contributed by atoms with Crippen molar-refractivity contribution < 1.29 is 33.6 Å². The average molecular weight is 193 g/mol. The topological polar surface area (TPSA) is 71.4 Å². The second-order valence-electron chi connectivity index (χ2n) is 0.496. The van der Waals surface area contributed by atoms with E-state index in [1.165, 1.54) is 0 Å². The summed E-state index contributed by atoms with van der Waals surface area (Å²) in [7, 11) is -4.09. The fraction of sp³-hybridized carbons (Fsp3) is 0. The van der Waals surface area contributed by atoms with E-state index in [-0.39, 0.29) is 0 Å². The van der Waals surface area contributed by atoms with Crippen LogP contribution in [0.15, 0.2) is 0 Å². The molecule has 0 aromatic rings. The van der Waals surface area contributed by atoms with E-state index in [1.54, 1.807) is 0 Å². The van der Waals surface area contributed by atoms with E-state index >= 15 is 0 Å². The van der Waals surface area contributed by atoms with Gasteiger partial charge in [0.2, 0.25) is 0 Å². The zero-order valence-corrected chi connectivity index (χ0v) is 5.31. The minimum absolute atomic E-state index is 2.40. The molecule has 0 spiro atoms. The van der Waals surface area contributed by atoms with Crippen molar-refractivity contribution in [1.82, 2.24) is 0 Å². The van der Waals surface area contributed by atoms with E-state index in [1.807, 2.05) is 0 Å². The SMILES string of the molecule is [O]=[Mo][S](=O)(=O)O. The number of hydrogen-bond acceptors (Lipinski definition) is 3. The molecule has 0 aliphatic carbocycles. The summed E-state index contributed by atoms with van der Waals surface area (Å²) in [6.07, 6.45) is 0. The molecule has 0 heterocycles. The molecular weight excluding hydrogens is 192 g/mol. The van der Waals surface area contributed by atoms with Crippen LogP contribution < -0.4 is 0 Å². The second kappa shape index (κ2) is 1.91. The number of rotatable bonds is 1. The predicted molar refractivity (Wildman–Crippen MR) is 12.2 cm³/mol. The molecule has 4 nitrogen and oxygen atoms in total. The van der Waals surface area contributed by atoms with Crippen molar-refractivity contribution in [2.45, 2.75) is 0 Å². The normalized spacial score (nSPS) is 10.8. The Balaban J connectivity index is 4.25. The molecule has 0 unspecified atom stereocenters. The van der Waals surface area contributed by atoms with Crippen LogP contribution in [0.3, 0.4) is 0 Å². The van der Waals surface area contributed by atoms with Crippen LogP contribution in [-0.2, 0) is 28.5 Å². The van der Waals surface area contributed by atoms with E-state index in [0.717, 1.165) is 0 Å². The van der Waals surface area contributed by atoms with E-state index in [2.05, 4.69) is 0 Å². The zero-order chi connectivity index (χ0) is 5.21. The molecule has 6 heavy (non-hydrogen) atoms. The molecule has 0 radical (unpaired) electrons. The summed E-state index contributed by atoms with van der Waals surface area (Å²) in [6.45, 7) is 0. The van der Waals surface area contributed by atoms with E-state index < -0.39 is 25.1 Å². The summed E-state index contributed by atoms with van der Waals surface area (Å²) in [5, 5.41) is 0. The third-order valence-electron chi connectivity index (χ3n) is 0.0860. The molecule has 0 rings (SSSR count). The van der Waals surface area contributed by atoms with Crippen LogP contribution in [0.5, 0.6) is 0 Å². The van der Waals surface area contributed by atoms with Gasteiger partial charge in [0.25, 0.3) is 0 Å². The Hall–Kier alpha value is 0.398. The van der Waals surface area contributed by atoms with Gasteiger partial charge in [-0.05, 0) is 0 Å². The van der Waals surface area contributed by atoms with Gasteiger partial charge < -0.3 is 0 Å². The van der Waals surface area contributed by atoms with Crippen molar-refractivity contribution in [3.8, 4) is 0 Å². The van der Waals surface area contributed by atoms with Crippen molar-refractivity contribution in [3.05, 3.63) is 0 Å². The van der Waals surface area contributed by atoms with Crippen molar-refractivity contribution in [2.75, 3.05) is 0 Å². The van der Waals surface area contributed by atoms with E-state index in [0.29, 0.717) is 0 Å². The second-order valence-corrected chi connectivity index (χ2v) is 5.60. The molecule has 0 fully saturated rings. The quantitative estimate of drug-likeness (QED) is 0.437. The van der Waals surface area contributed by atoms with Gasteiger partial charge in [-0.3, -0.25) is 0 Å². The molecule has 0 amide bonds. The Morgan fingerprint density at radius 1 is 1.50 bits per heavy atom. The molecule has 0 aliphatic rings. The molecular formula is HMoO4S. The Morgan fingerprint density at radius 3 is 1.67 bits per heavy atom. The van der Waals surface area contributed by atoms with Gasteiger partial charge in [-0.25, -0.2) is 0 Å². The first-order chi connectivity index (χ1) is 2.56. The summed E-state index contributed by atoms with van der Waals surface area (Å²) >= 11 is -2.40. The maximum absolute atomic E-state index is 9.30. The van der Waals surface area contributed by atoms with Crippen LogP contribution in [0, 0.1) is 0 Å². The predicted octanol–water partition coefficient (Wildman–Crippen LogP) is -0.783. The van der Waals surface area contributed by atoms with Crippen molar-refractivity contribution in [2.24, 2.45) is 0 Å². The van der Waals surface area contributed by atoms with Gasteiger partial charge in [0.1, 0.15) is 0 Å². The average Bonchev–Trinajstić information content (AvgIpc) is 1.35. The standard InChI is InChI=1S/Mo.HO3S.O/c;1-4(2)3;/h;(H,1,2,3);. The fourth-order valence-electron chi connectivity index (χ4n) is 0. The van der Waals surface area contributed by atoms with Gasteiger partial charge >= 0.3 is 41.4 Å². The number of hydrogen-bond donors (Lipinski definition) is 1. The zero-order valence-electron chi connectivity index (χ0n) is 2.49. The van der Waals surface area contributed by atoms with Gasteiger partial charge in [0.05, 0.1) is 0 Å². The monoisotopic (exact) mass is 195 g/mol. The summed E-state index contributed by atoms with van der Waals surface area (Å²) in [6, 6.07) is 0. The Morgan fingerprint density at radius 2 is 1.67 bits per heavy atom. The summed E-state index contributed by atoms with van der Waals surface area (Å²) < 4.78 is 35.4. The first-order valence-corrected chi connectivity index (χ1v) is 5.49. The Kier molecular flexibility index (Phi) is 2.03. The first kappa shape index (κ1) is 6.40. The van der Waals surface area contributed by atoms with Gasteiger partial charge in [0, 0.05) is 0 Å². The molecule has 1 N–H and O–H groups in total. The Bertz CT molecular complexity index is 118. The molecule has 0 aromatic heterocycles. The van der Waals surface area contributed by atoms with Crippen LogP contribution in [0.25, 0.3) is 0 Å². The van der Waals surface area contributed by atoms with Gasteiger partial charge in [-0.1, -0.05) is 0 Å². The van der Waals surface area contributed by atoms with Crippen LogP contribution >= 0.6 is 0 Å². The third-order valence-corrected chi connectivity index (χ3v) is 1.53. The molecule has 6 heteroatoms. The maximum atomic E-state index is 9.30. The fourth-order valence-corrected chi connectivity index (χ4v) is 0.